The highest BCUT2D eigenvalue weighted by Gasteiger charge is 2.22. The monoisotopic (exact) mass is 400 g/mol. The summed E-state index contributed by atoms with van der Waals surface area (Å²) < 4.78 is 6.42. The number of nitriles is 1. The second-order valence-electron chi connectivity index (χ2n) is 6.23. The lowest BCUT2D eigenvalue weighted by Crippen LogP contribution is -2.11. The number of carbonyl (C=O) groups excluding carboxylic acids is 1. The number of hydrogen-bond acceptors (Lipinski definition) is 6. The van der Waals surface area contributed by atoms with Gasteiger partial charge in [-0.25, -0.2) is 9.78 Å². The number of benzene rings is 2. The van der Waals surface area contributed by atoms with Gasteiger partial charge >= 0.3 is 5.97 Å². The van der Waals surface area contributed by atoms with Crippen LogP contribution < -0.4 is 5.73 Å². The number of aromatic nitrogens is 2. The van der Waals surface area contributed by atoms with E-state index in [-0.39, 0.29) is 16.9 Å². The van der Waals surface area contributed by atoms with Crippen molar-refractivity contribution < 1.29 is 9.53 Å². The zero-order chi connectivity index (χ0) is 20.4. The second kappa shape index (κ2) is 7.62. The number of thiazole rings is 1. The number of anilines is 1. The van der Waals surface area contributed by atoms with Crippen molar-refractivity contribution in [3.8, 4) is 33.6 Å². The Balaban J connectivity index is 1.77. The maximum atomic E-state index is 12.2. The lowest BCUT2D eigenvalue weighted by atomic mass is 10.1. The van der Waals surface area contributed by atoms with Crippen molar-refractivity contribution in [2.45, 2.75) is 0 Å². The number of rotatable bonds is 4. The minimum Gasteiger partial charge on any atom is -0.464 e. The predicted molar refractivity (Wildman–Crippen MR) is 113 cm³/mol. The van der Waals surface area contributed by atoms with E-state index in [0.29, 0.717) is 5.69 Å². The lowest BCUT2D eigenvalue weighted by molar-refractivity contribution is 0.0593. The Bertz CT molecular complexity index is 1240. The maximum Gasteiger partial charge on any atom is 0.357 e. The molecule has 2 N–H and O–H groups in total. The van der Waals surface area contributed by atoms with Crippen molar-refractivity contribution >= 4 is 23.0 Å². The highest BCUT2D eigenvalue weighted by molar-refractivity contribution is 7.13. The summed E-state index contributed by atoms with van der Waals surface area (Å²) in [7, 11) is 1.28. The molecule has 0 saturated carbocycles. The molecule has 0 aliphatic heterocycles. The molecule has 0 bridgehead atoms. The van der Waals surface area contributed by atoms with Gasteiger partial charge in [-0.15, -0.1) is 11.3 Å². The number of carbonyl (C=O) groups is 1. The molecule has 6 nitrogen and oxygen atoms in total. The van der Waals surface area contributed by atoms with Crippen LogP contribution in [0, 0.1) is 11.3 Å². The fraction of sp³-hybridized carbons (Fsp3) is 0.0455. The van der Waals surface area contributed by atoms with Gasteiger partial charge in [-0.05, 0) is 12.1 Å². The molecule has 0 fully saturated rings. The summed E-state index contributed by atoms with van der Waals surface area (Å²) in [5.74, 6) is -0.602. The molecule has 2 aromatic heterocycles. The van der Waals surface area contributed by atoms with Crippen LogP contribution in [-0.4, -0.2) is 22.6 Å². The molecule has 4 aromatic rings. The molecule has 0 aliphatic rings. The molecule has 0 aliphatic carbocycles. The van der Waals surface area contributed by atoms with Gasteiger partial charge in [-0.2, -0.15) is 5.26 Å². The SMILES string of the molecule is COC(=O)c1c(N)c(C#N)cn1-c1cccc(-c2csc(-c3ccccc3)n2)c1. The van der Waals surface area contributed by atoms with Gasteiger partial charge in [0.15, 0.2) is 5.69 Å². The number of esters is 1. The predicted octanol–water partition coefficient (Wildman–Crippen LogP) is 4.51. The van der Waals surface area contributed by atoms with Crippen molar-refractivity contribution in [3.05, 3.63) is 77.4 Å². The third-order valence-electron chi connectivity index (χ3n) is 4.49. The molecular weight excluding hydrogens is 384 g/mol. The van der Waals surface area contributed by atoms with E-state index in [1.165, 1.54) is 13.3 Å². The van der Waals surface area contributed by atoms with Crippen molar-refractivity contribution in [2.24, 2.45) is 0 Å². The second-order valence-corrected chi connectivity index (χ2v) is 7.09. The van der Waals surface area contributed by atoms with Gasteiger partial charge in [0.2, 0.25) is 0 Å². The molecule has 4 rings (SSSR count). The number of ether oxygens (including phenoxy) is 1. The molecule has 29 heavy (non-hydrogen) atoms. The van der Waals surface area contributed by atoms with Crippen LogP contribution in [0.15, 0.2) is 66.2 Å². The van der Waals surface area contributed by atoms with Gasteiger partial charge in [0.05, 0.1) is 24.1 Å². The van der Waals surface area contributed by atoms with Crippen LogP contribution >= 0.6 is 11.3 Å². The van der Waals surface area contributed by atoms with Gasteiger partial charge in [0.25, 0.3) is 0 Å². The Morgan fingerprint density at radius 2 is 1.93 bits per heavy atom. The first-order valence-corrected chi connectivity index (χ1v) is 9.61. The standard InChI is InChI=1S/C22H16N4O2S/c1-28-22(27)20-19(24)16(11-23)12-26(20)17-9-5-8-15(10-17)18-13-29-21(25-18)14-6-3-2-4-7-14/h2-10,12-13H,24H2,1H3. The molecule has 142 valence electrons. The summed E-state index contributed by atoms with van der Waals surface area (Å²) in [5, 5.41) is 12.2. The fourth-order valence-corrected chi connectivity index (χ4v) is 3.89. The molecule has 0 saturated heterocycles. The number of nitrogens with zero attached hydrogens (tertiary/aromatic N) is 3. The topological polar surface area (TPSA) is 93.9 Å². The average Bonchev–Trinajstić information content (AvgIpc) is 3.39. The summed E-state index contributed by atoms with van der Waals surface area (Å²) >= 11 is 1.57. The number of nitrogens with two attached hydrogens (primary N) is 1. The molecule has 0 spiro atoms. The van der Waals surface area contributed by atoms with Crippen molar-refractivity contribution in [2.75, 3.05) is 12.8 Å². The van der Waals surface area contributed by atoms with Crippen LogP contribution in [0.2, 0.25) is 0 Å². The Morgan fingerprint density at radius 3 is 2.66 bits per heavy atom. The third-order valence-corrected chi connectivity index (χ3v) is 5.38. The van der Waals surface area contributed by atoms with Gasteiger partial charge in [-0.1, -0.05) is 42.5 Å². The number of hydrogen-bond donors (Lipinski definition) is 1. The highest BCUT2D eigenvalue weighted by Crippen LogP contribution is 2.31. The zero-order valence-electron chi connectivity index (χ0n) is 15.5. The highest BCUT2D eigenvalue weighted by atomic mass is 32.1. The van der Waals surface area contributed by atoms with E-state index in [1.807, 2.05) is 66.0 Å². The van der Waals surface area contributed by atoms with Gasteiger partial charge < -0.3 is 15.0 Å². The average molecular weight is 400 g/mol. The first-order valence-electron chi connectivity index (χ1n) is 8.73. The van der Waals surface area contributed by atoms with E-state index < -0.39 is 5.97 Å². The van der Waals surface area contributed by atoms with E-state index in [4.69, 9.17) is 15.5 Å². The van der Waals surface area contributed by atoms with Crippen LogP contribution in [0.25, 0.3) is 27.5 Å². The molecule has 2 aromatic carbocycles. The zero-order valence-corrected chi connectivity index (χ0v) is 16.3. The lowest BCUT2D eigenvalue weighted by Gasteiger charge is -2.09. The van der Waals surface area contributed by atoms with E-state index in [1.54, 1.807) is 15.9 Å². The first kappa shape index (κ1) is 18.5. The summed E-state index contributed by atoms with van der Waals surface area (Å²) in [6, 6.07) is 19.5. The Hall–Kier alpha value is -3.89. The Labute approximate surface area is 171 Å². The third kappa shape index (κ3) is 3.37. The molecular formula is C22H16N4O2S. The smallest absolute Gasteiger partial charge is 0.357 e. The number of methoxy groups -OCH3 is 1. The molecule has 0 radical (unpaired) electrons. The number of nitrogen functional groups attached to an aromatic ring is 1. The summed E-state index contributed by atoms with van der Waals surface area (Å²) in [5.41, 5.74) is 9.91. The molecule has 7 heteroatoms. The fourth-order valence-electron chi connectivity index (χ4n) is 3.05. The normalized spacial score (nSPS) is 10.5. The van der Waals surface area contributed by atoms with E-state index in [0.717, 1.165) is 21.8 Å². The van der Waals surface area contributed by atoms with Crippen LogP contribution in [0.4, 0.5) is 5.69 Å². The van der Waals surface area contributed by atoms with E-state index >= 15 is 0 Å². The molecule has 0 amide bonds. The maximum absolute atomic E-state index is 12.2. The van der Waals surface area contributed by atoms with Crippen molar-refractivity contribution in [1.82, 2.24) is 9.55 Å². The molecule has 0 atom stereocenters. The molecule has 2 heterocycles. The van der Waals surface area contributed by atoms with E-state index in [2.05, 4.69) is 0 Å². The summed E-state index contributed by atoms with van der Waals surface area (Å²) in [4.78, 5) is 17.0. The van der Waals surface area contributed by atoms with Crippen LogP contribution in [0.1, 0.15) is 16.1 Å². The van der Waals surface area contributed by atoms with Crippen LogP contribution in [0.3, 0.4) is 0 Å². The van der Waals surface area contributed by atoms with Crippen LogP contribution in [-0.2, 0) is 4.74 Å². The quantitative estimate of drug-likeness (QED) is 0.509. The van der Waals surface area contributed by atoms with Crippen LogP contribution in [0.5, 0.6) is 0 Å². The van der Waals surface area contributed by atoms with Gasteiger partial charge in [-0.3, -0.25) is 0 Å². The van der Waals surface area contributed by atoms with E-state index in [9.17, 15) is 10.1 Å². The minimum absolute atomic E-state index is 0.102. The first-order chi connectivity index (χ1) is 14.1. The van der Waals surface area contributed by atoms with Gasteiger partial charge in [0, 0.05) is 28.4 Å². The summed E-state index contributed by atoms with van der Waals surface area (Å²) in [6.45, 7) is 0. The Kier molecular flexibility index (Phi) is 4.85. The van der Waals surface area contributed by atoms with Crippen molar-refractivity contribution in [1.29, 1.82) is 5.26 Å². The molecule has 0 unspecified atom stereocenters. The Morgan fingerprint density at radius 1 is 1.17 bits per heavy atom. The largest absolute Gasteiger partial charge is 0.464 e. The minimum atomic E-state index is -0.602. The van der Waals surface area contributed by atoms with Crippen molar-refractivity contribution in [3.63, 3.8) is 0 Å². The summed E-state index contributed by atoms with van der Waals surface area (Å²) in [6.07, 6.45) is 1.54. The van der Waals surface area contributed by atoms with Gasteiger partial charge in [0.1, 0.15) is 11.1 Å².